The van der Waals surface area contributed by atoms with Crippen LogP contribution >= 0.6 is 11.3 Å². The zero-order valence-corrected chi connectivity index (χ0v) is 11.8. The van der Waals surface area contributed by atoms with Crippen molar-refractivity contribution < 1.29 is 14.3 Å². The van der Waals surface area contributed by atoms with Crippen LogP contribution in [0.1, 0.15) is 30.4 Å². The summed E-state index contributed by atoms with van der Waals surface area (Å²) in [6.45, 7) is 5.63. The molecule has 0 atom stereocenters. The Kier molecular flexibility index (Phi) is 4.72. The van der Waals surface area contributed by atoms with Gasteiger partial charge in [-0.3, -0.25) is 9.59 Å². The number of hydrogen-bond donors (Lipinski definition) is 2. The summed E-state index contributed by atoms with van der Waals surface area (Å²) in [6, 6.07) is 3.38. The summed E-state index contributed by atoms with van der Waals surface area (Å²) in [4.78, 5) is 23.7. The average molecular weight is 270 g/mol. The van der Waals surface area contributed by atoms with Crippen molar-refractivity contribution in [3.05, 3.63) is 17.0 Å². The molecule has 0 radical (unpaired) electrons. The van der Waals surface area contributed by atoms with Gasteiger partial charge in [-0.1, -0.05) is 11.3 Å². The molecule has 0 aromatic carbocycles. The summed E-state index contributed by atoms with van der Waals surface area (Å²) < 4.78 is 5.00. The van der Waals surface area contributed by atoms with E-state index in [4.69, 9.17) is 4.74 Å². The van der Waals surface area contributed by atoms with E-state index in [9.17, 15) is 9.59 Å². The Morgan fingerprint density at radius 2 is 2.00 bits per heavy atom. The molecule has 1 aromatic rings. The van der Waals surface area contributed by atoms with Crippen LogP contribution in [0.2, 0.25) is 0 Å². The number of carbonyl (C=O) groups is 2. The highest BCUT2D eigenvalue weighted by Gasteiger charge is 2.15. The first kappa shape index (κ1) is 14.5. The third kappa shape index (κ3) is 4.75. The van der Waals surface area contributed by atoms with Gasteiger partial charge in [0.2, 0.25) is 5.91 Å². The second kappa shape index (κ2) is 5.86. The van der Waals surface area contributed by atoms with E-state index in [2.05, 4.69) is 10.6 Å². The van der Waals surface area contributed by atoms with Gasteiger partial charge < -0.3 is 15.4 Å². The molecule has 1 rings (SSSR count). The third-order valence-electron chi connectivity index (χ3n) is 1.93. The van der Waals surface area contributed by atoms with E-state index < -0.39 is 0 Å². The molecule has 0 saturated carbocycles. The van der Waals surface area contributed by atoms with Crippen LogP contribution in [0.5, 0.6) is 5.06 Å². The largest absolute Gasteiger partial charge is 0.487 e. The molecule has 0 unspecified atom stereocenters. The van der Waals surface area contributed by atoms with Crippen molar-refractivity contribution in [1.82, 2.24) is 10.6 Å². The van der Waals surface area contributed by atoms with Gasteiger partial charge in [-0.05, 0) is 32.9 Å². The van der Waals surface area contributed by atoms with Crippen LogP contribution in [0, 0.1) is 0 Å². The second-order valence-electron chi connectivity index (χ2n) is 4.80. The molecule has 1 heterocycles. The minimum Gasteiger partial charge on any atom is -0.487 e. The second-order valence-corrected chi connectivity index (χ2v) is 5.85. The Morgan fingerprint density at radius 3 is 2.50 bits per heavy atom. The molecule has 0 bridgehead atoms. The Balaban J connectivity index is 2.44. The lowest BCUT2D eigenvalue weighted by Gasteiger charge is -2.20. The van der Waals surface area contributed by atoms with Crippen molar-refractivity contribution in [1.29, 1.82) is 0 Å². The molecule has 0 aliphatic rings. The van der Waals surface area contributed by atoms with Gasteiger partial charge in [-0.2, -0.15) is 0 Å². The maximum Gasteiger partial charge on any atom is 0.261 e. The molecule has 6 heteroatoms. The predicted molar refractivity (Wildman–Crippen MR) is 71.1 cm³/mol. The summed E-state index contributed by atoms with van der Waals surface area (Å²) >= 11 is 1.24. The molecular formula is C12H18N2O3S. The summed E-state index contributed by atoms with van der Waals surface area (Å²) in [7, 11) is 1.55. The fourth-order valence-electron chi connectivity index (χ4n) is 1.26. The molecule has 0 fully saturated rings. The summed E-state index contributed by atoms with van der Waals surface area (Å²) in [5.41, 5.74) is -0.298. The number of thiophene rings is 1. The number of amides is 2. The van der Waals surface area contributed by atoms with Crippen LogP contribution in [0.3, 0.4) is 0 Å². The summed E-state index contributed by atoms with van der Waals surface area (Å²) in [6.07, 6.45) is 0. The smallest absolute Gasteiger partial charge is 0.261 e. The highest BCUT2D eigenvalue weighted by Crippen LogP contribution is 2.23. The van der Waals surface area contributed by atoms with Crippen LogP contribution in [0.4, 0.5) is 0 Å². The zero-order chi connectivity index (χ0) is 13.8. The molecular weight excluding hydrogens is 252 g/mol. The fraction of sp³-hybridized carbons (Fsp3) is 0.500. The average Bonchev–Trinajstić information content (AvgIpc) is 2.72. The van der Waals surface area contributed by atoms with Crippen molar-refractivity contribution >= 4 is 23.2 Å². The predicted octanol–water partition coefficient (Wildman–Crippen LogP) is 1.40. The van der Waals surface area contributed by atoms with Crippen LogP contribution < -0.4 is 15.4 Å². The Labute approximate surface area is 111 Å². The van der Waals surface area contributed by atoms with Gasteiger partial charge >= 0.3 is 0 Å². The van der Waals surface area contributed by atoms with Crippen molar-refractivity contribution in [3.63, 3.8) is 0 Å². The van der Waals surface area contributed by atoms with Crippen molar-refractivity contribution in [2.75, 3.05) is 13.7 Å². The maximum atomic E-state index is 11.7. The maximum absolute atomic E-state index is 11.7. The number of ether oxygens (including phenoxy) is 1. The van der Waals surface area contributed by atoms with E-state index in [1.807, 2.05) is 20.8 Å². The van der Waals surface area contributed by atoms with Crippen LogP contribution in [0.25, 0.3) is 0 Å². The first-order chi connectivity index (χ1) is 8.31. The van der Waals surface area contributed by atoms with E-state index in [-0.39, 0.29) is 23.9 Å². The first-order valence-corrected chi connectivity index (χ1v) is 6.36. The molecule has 5 nitrogen and oxygen atoms in total. The highest BCUT2D eigenvalue weighted by molar-refractivity contribution is 7.15. The fourth-order valence-corrected chi connectivity index (χ4v) is 2.00. The molecule has 1 aromatic heterocycles. The molecule has 2 N–H and O–H groups in total. The SMILES string of the molecule is COc1ccc(C(=O)NCC(=O)NC(C)(C)C)s1. The molecule has 100 valence electrons. The van der Waals surface area contributed by atoms with Gasteiger partial charge in [-0.25, -0.2) is 0 Å². The van der Waals surface area contributed by atoms with Gasteiger partial charge in [0, 0.05) is 5.54 Å². The lowest BCUT2D eigenvalue weighted by atomic mass is 10.1. The molecule has 0 aliphatic carbocycles. The summed E-state index contributed by atoms with van der Waals surface area (Å²) in [5.74, 6) is -0.480. The lowest BCUT2D eigenvalue weighted by Crippen LogP contribution is -2.45. The Bertz CT molecular complexity index is 435. The molecule has 2 amide bonds. The Hall–Kier alpha value is -1.56. The zero-order valence-electron chi connectivity index (χ0n) is 11.0. The van der Waals surface area contributed by atoms with Gasteiger partial charge in [0.25, 0.3) is 5.91 Å². The monoisotopic (exact) mass is 270 g/mol. The molecule has 0 saturated heterocycles. The van der Waals surface area contributed by atoms with Crippen LogP contribution in [0.15, 0.2) is 12.1 Å². The number of methoxy groups -OCH3 is 1. The van der Waals surface area contributed by atoms with Gasteiger partial charge in [-0.15, -0.1) is 0 Å². The van der Waals surface area contributed by atoms with E-state index in [0.29, 0.717) is 9.94 Å². The van der Waals surface area contributed by atoms with Crippen molar-refractivity contribution in [2.45, 2.75) is 26.3 Å². The standard InChI is InChI=1S/C12H18N2O3S/c1-12(2,3)14-9(15)7-13-11(16)8-5-6-10(17-4)18-8/h5-6H,7H2,1-4H3,(H,13,16)(H,14,15). The molecule has 0 spiro atoms. The first-order valence-electron chi connectivity index (χ1n) is 5.55. The third-order valence-corrected chi connectivity index (χ3v) is 2.98. The van der Waals surface area contributed by atoms with Gasteiger partial charge in [0.05, 0.1) is 18.5 Å². The Morgan fingerprint density at radius 1 is 1.33 bits per heavy atom. The number of carbonyl (C=O) groups excluding carboxylic acids is 2. The van der Waals surface area contributed by atoms with E-state index >= 15 is 0 Å². The number of nitrogens with one attached hydrogen (secondary N) is 2. The topological polar surface area (TPSA) is 67.4 Å². The van der Waals surface area contributed by atoms with Gasteiger partial charge in [0.1, 0.15) is 0 Å². The molecule has 0 aliphatic heterocycles. The number of rotatable bonds is 4. The van der Waals surface area contributed by atoms with Crippen molar-refractivity contribution in [2.24, 2.45) is 0 Å². The lowest BCUT2D eigenvalue weighted by molar-refractivity contribution is -0.121. The minimum absolute atomic E-state index is 0.0314. The summed E-state index contributed by atoms with van der Waals surface area (Å²) in [5, 5.41) is 6.00. The van der Waals surface area contributed by atoms with E-state index in [1.54, 1.807) is 19.2 Å². The minimum atomic E-state index is -0.298. The van der Waals surface area contributed by atoms with Crippen molar-refractivity contribution in [3.8, 4) is 5.06 Å². The number of hydrogen-bond acceptors (Lipinski definition) is 4. The van der Waals surface area contributed by atoms with E-state index in [0.717, 1.165) is 0 Å². The normalized spacial score (nSPS) is 10.9. The quantitative estimate of drug-likeness (QED) is 0.869. The highest BCUT2D eigenvalue weighted by atomic mass is 32.1. The van der Waals surface area contributed by atoms with E-state index in [1.165, 1.54) is 11.3 Å². The molecule has 18 heavy (non-hydrogen) atoms. The van der Waals surface area contributed by atoms with Crippen LogP contribution in [-0.4, -0.2) is 31.0 Å². The van der Waals surface area contributed by atoms with Crippen LogP contribution in [-0.2, 0) is 4.79 Å². The van der Waals surface area contributed by atoms with Gasteiger partial charge in [0.15, 0.2) is 5.06 Å².